The number of carbonyl (C=O) groups excluding carboxylic acids is 2. The van der Waals surface area contributed by atoms with E-state index >= 15 is 0 Å². The van der Waals surface area contributed by atoms with Crippen LogP contribution in [0.2, 0.25) is 0 Å². The molecule has 7 nitrogen and oxygen atoms in total. The number of ether oxygens (including phenoxy) is 1. The molecule has 0 bridgehead atoms. The molecule has 1 aromatic rings. The zero-order chi connectivity index (χ0) is 24.3. The summed E-state index contributed by atoms with van der Waals surface area (Å²) >= 11 is 0. The van der Waals surface area contributed by atoms with Gasteiger partial charge in [-0.15, -0.1) is 0 Å². The van der Waals surface area contributed by atoms with Crippen LogP contribution in [0.4, 0.5) is 4.79 Å². The number of hydrogen-bond acceptors (Lipinski definition) is 5. The highest BCUT2D eigenvalue weighted by Gasteiger charge is 2.38. The van der Waals surface area contributed by atoms with Gasteiger partial charge in [-0.2, -0.15) is 0 Å². The number of carbonyl (C=O) groups is 2. The lowest BCUT2D eigenvalue weighted by atomic mass is 9.92. The molecule has 0 unspecified atom stereocenters. The van der Waals surface area contributed by atoms with E-state index in [-0.39, 0.29) is 30.2 Å². The van der Waals surface area contributed by atoms with Crippen LogP contribution >= 0.6 is 0 Å². The summed E-state index contributed by atoms with van der Waals surface area (Å²) in [5.74, 6) is 1.04. The number of benzene rings is 1. The quantitative estimate of drug-likeness (QED) is 0.697. The van der Waals surface area contributed by atoms with Crippen molar-refractivity contribution in [3.63, 3.8) is 0 Å². The number of phenols is 1. The molecule has 2 amide bonds. The molecule has 7 heteroatoms. The Morgan fingerprint density at radius 1 is 1.18 bits per heavy atom. The number of amides is 2. The number of rotatable bonds is 5. The third kappa shape index (κ3) is 6.85. The number of likely N-dealkylation sites (tertiary alicyclic amines) is 1. The first kappa shape index (κ1) is 25.3. The summed E-state index contributed by atoms with van der Waals surface area (Å²) in [6, 6.07) is 4.49. The molecule has 1 saturated heterocycles. The molecular weight excluding hydrogens is 418 g/mol. The highest BCUT2D eigenvalue weighted by atomic mass is 16.6. The van der Waals surface area contributed by atoms with Crippen LogP contribution in [0, 0.1) is 11.8 Å². The number of nitrogens with zero attached hydrogens (tertiary/aromatic N) is 2. The van der Waals surface area contributed by atoms with Crippen LogP contribution < -0.4 is 5.32 Å². The van der Waals surface area contributed by atoms with Crippen LogP contribution in [0.1, 0.15) is 65.5 Å². The van der Waals surface area contributed by atoms with Crippen molar-refractivity contribution in [3.05, 3.63) is 29.3 Å². The average Bonchev–Trinajstić information content (AvgIpc) is 2.72. The maximum atomic E-state index is 13.5. The van der Waals surface area contributed by atoms with E-state index in [1.807, 2.05) is 26.8 Å². The van der Waals surface area contributed by atoms with Crippen molar-refractivity contribution >= 4 is 12.0 Å². The standard InChI is InChI=1S/C26H41N3O4/c1-17(2)22(16-28-11-9-18(3)10-12-28)27-24(31)23-14-19-7-8-21(30)13-20(19)15-29(23)25(32)33-26(4,5)6/h7-8,13,17-18,22-23,30H,9-12,14-16H2,1-6H3,(H,27,31)/t22-,23+/m1/s1. The van der Waals surface area contributed by atoms with Gasteiger partial charge in [0.2, 0.25) is 5.91 Å². The molecule has 33 heavy (non-hydrogen) atoms. The first-order chi connectivity index (χ1) is 15.4. The molecule has 2 aliphatic rings. The van der Waals surface area contributed by atoms with Crippen molar-refractivity contribution in [2.24, 2.45) is 11.8 Å². The normalized spacial score (nSPS) is 20.9. The van der Waals surface area contributed by atoms with E-state index in [0.29, 0.717) is 6.42 Å². The molecule has 0 aliphatic carbocycles. The topological polar surface area (TPSA) is 82.1 Å². The Morgan fingerprint density at radius 3 is 2.45 bits per heavy atom. The molecule has 1 aromatic carbocycles. The van der Waals surface area contributed by atoms with Crippen LogP contribution in [0.15, 0.2) is 18.2 Å². The summed E-state index contributed by atoms with van der Waals surface area (Å²) in [4.78, 5) is 30.5. The summed E-state index contributed by atoms with van der Waals surface area (Å²) in [6.45, 7) is 15.2. The Kier molecular flexibility index (Phi) is 7.93. The van der Waals surface area contributed by atoms with Crippen molar-refractivity contribution in [3.8, 4) is 5.75 Å². The third-order valence-corrected chi connectivity index (χ3v) is 6.71. The summed E-state index contributed by atoms with van der Waals surface area (Å²) in [5, 5.41) is 13.2. The minimum Gasteiger partial charge on any atom is -0.508 e. The summed E-state index contributed by atoms with van der Waals surface area (Å²) in [5.41, 5.74) is 1.15. The van der Waals surface area contributed by atoms with E-state index < -0.39 is 17.7 Å². The average molecular weight is 460 g/mol. The van der Waals surface area contributed by atoms with Crippen molar-refractivity contribution < 1.29 is 19.4 Å². The van der Waals surface area contributed by atoms with Gasteiger partial charge in [-0.3, -0.25) is 9.69 Å². The minimum absolute atomic E-state index is 0.00704. The molecule has 1 fully saturated rings. The number of phenolic OH excluding ortho intramolecular Hbond substituents is 1. The first-order valence-electron chi connectivity index (χ1n) is 12.3. The molecule has 0 spiro atoms. The van der Waals surface area contributed by atoms with Gasteiger partial charge in [0.25, 0.3) is 0 Å². The molecule has 0 aromatic heterocycles. The summed E-state index contributed by atoms with van der Waals surface area (Å²) < 4.78 is 5.62. The number of piperidine rings is 1. The van der Waals surface area contributed by atoms with Gasteiger partial charge in [0.1, 0.15) is 17.4 Å². The van der Waals surface area contributed by atoms with Crippen molar-refractivity contribution in [1.82, 2.24) is 15.1 Å². The molecule has 3 rings (SSSR count). The fourth-order valence-corrected chi connectivity index (χ4v) is 4.54. The van der Waals surface area contributed by atoms with Gasteiger partial charge in [-0.05, 0) is 81.8 Å². The Labute approximate surface area is 198 Å². The van der Waals surface area contributed by atoms with Gasteiger partial charge >= 0.3 is 6.09 Å². The van der Waals surface area contributed by atoms with Crippen LogP contribution in [0.5, 0.6) is 5.75 Å². The van der Waals surface area contributed by atoms with Crippen LogP contribution in [-0.2, 0) is 22.5 Å². The Balaban J connectivity index is 1.77. The fourth-order valence-electron chi connectivity index (χ4n) is 4.54. The Bertz CT molecular complexity index is 840. The molecule has 2 atom stereocenters. The number of nitrogens with one attached hydrogen (secondary N) is 1. The Morgan fingerprint density at radius 2 is 1.85 bits per heavy atom. The van der Waals surface area contributed by atoms with Gasteiger partial charge in [0.15, 0.2) is 0 Å². The highest BCUT2D eigenvalue weighted by molar-refractivity contribution is 5.87. The van der Waals surface area contributed by atoms with Crippen LogP contribution in [0.25, 0.3) is 0 Å². The molecule has 2 heterocycles. The predicted octanol–water partition coefficient (Wildman–Crippen LogP) is 3.93. The lowest BCUT2D eigenvalue weighted by molar-refractivity contribution is -0.128. The van der Waals surface area contributed by atoms with Gasteiger partial charge in [-0.1, -0.05) is 26.8 Å². The van der Waals surface area contributed by atoms with Crippen LogP contribution in [-0.4, -0.2) is 64.2 Å². The fraction of sp³-hybridized carbons (Fsp3) is 0.692. The lowest BCUT2D eigenvalue weighted by Gasteiger charge is -2.39. The summed E-state index contributed by atoms with van der Waals surface area (Å²) in [6.07, 6.45) is 2.27. The molecule has 184 valence electrons. The zero-order valence-electron chi connectivity index (χ0n) is 21.1. The highest BCUT2D eigenvalue weighted by Crippen LogP contribution is 2.28. The first-order valence-corrected chi connectivity index (χ1v) is 12.3. The van der Waals surface area contributed by atoms with Crippen molar-refractivity contribution in [2.45, 2.75) is 85.0 Å². The second kappa shape index (κ2) is 10.3. The lowest BCUT2D eigenvalue weighted by Crippen LogP contribution is -2.57. The number of aromatic hydroxyl groups is 1. The second-order valence-corrected chi connectivity index (χ2v) is 11.1. The smallest absolute Gasteiger partial charge is 0.411 e. The monoisotopic (exact) mass is 459 g/mol. The number of fused-ring (bicyclic) bond motifs is 1. The second-order valence-electron chi connectivity index (χ2n) is 11.1. The van der Waals surface area contributed by atoms with Crippen molar-refractivity contribution in [2.75, 3.05) is 19.6 Å². The summed E-state index contributed by atoms with van der Waals surface area (Å²) in [7, 11) is 0. The van der Waals surface area contributed by atoms with E-state index in [1.165, 1.54) is 17.7 Å². The molecule has 2 N–H and O–H groups in total. The van der Waals surface area contributed by atoms with E-state index in [2.05, 4.69) is 31.0 Å². The maximum absolute atomic E-state index is 13.5. The van der Waals surface area contributed by atoms with Gasteiger partial charge in [0.05, 0.1) is 6.54 Å². The predicted molar refractivity (Wildman–Crippen MR) is 129 cm³/mol. The van der Waals surface area contributed by atoms with Gasteiger partial charge in [0, 0.05) is 19.0 Å². The van der Waals surface area contributed by atoms with Crippen LogP contribution in [0.3, 0.4) is 0 Å². The maximum Gasteiger partial charge on any atom is 0.411 e. The van der Waals surface area contributed by atoms with Gasteiger partial charge in [-0.25, -0.2) is 4.79 Å². The molecule has 0 saturated carbocycles. The molecular formula is C26H41N3O4. The Hall–Kier alpha value is -2.28. The molecule has 0 radical (unpaired) electrons. The molecule has 2 aliphatic heterocycles. The SMILES string of the molecule is CC1CCN(C[C@@H](NC(=O)[C@@H]2Cc3ccc(O)cc3CN2C(=O)OC(C)(C)C)C(C)C)CC1. The van der Waals surface area contributed by atoms with E-state index in [4.69, 9.17) is 4.74 Å². The zero-order valence-corrected chi connectivity index (χ0v) is 21.1. The largest absolute Gasteiger partial charge is 0.508 e. The van der Waals surface area contributed by atoms with Gasteiger partial charge < -0.3 is 20.1 Å². The van der Waals surface area contributed by atoms with E-state index in [1.54, 1.807) is 12.1 Å². The minimum atomic E-state index is -0.664. The third-order valence-electron chi connectivity index (χ3n) is 6.71. The van der Waals surface area contributed by atoms with E-state index in [9.17, 15) is 14.7 Å². The van der Waals surface area contributed by atoms with Crippen molar-refractivity contribution in [1.29, 1.82) is 0 Å². The van der Waals surface area contributed by atoms with E-state index in [0.717, 1.165) is 36.7 Å². The number of hydrogen-bond donors (Lipinski definition) is 2.